The largest absolute Gasteiger partial charge is 0.497 e. The lowest BCUT2D eigenvalue weighted by molar-refractivity contribution is 0.0689. The number of nitrogens with zero attached hydrogens (tertiary/aromatic N) is 1. The average Bonchev–Trinajstić information content (AvgIpc) is 2.72. The van der Waals surface area contributed by atoms with E-state index in [1.54, 1.807) is 32.2 Å². The first-order valence-electron chi connectivity index (χ1n) is 5.07. The van der Waals surface area contributed by atoms with Crippen LogP contribution >= 0.6 is 15.9 Å². The Kier molecular flexibility index (Phi) is 3.38. The number of aryl methyl sites for hydroxylation is 1. The van der Waals surface area contributed by atoms with Crippen LogP contribution in [-0.2, 0) is 0 Å². The number of methoxy groups -OCH3 is 1. The van der Waals surface area contributed by atoms with E-state index in [0.717, 1.165) is 4.47 Å². The molecule has 1 N–H and O–H groups in total. The minimum Gasteiger partial charge on any atom is -0.497 e. The molecule has 0 aliphatic heterocycles. The van der Waals surface area contributed by atoms with Crippen molar-refractivity contribution in [3.8, 4) is 17.2 Å². The van der Waals surface area contributed by atoms with Crippen LogP contribution in [0.1, 0.15) is 16.2 Å². The standard InChI is InChI=1S/C12H10BrNO4/c1-6-10(12(15)16)14-11(18-6)8-5-7(17-2)3-4-9(8)13/h3-5H,1-2H3,(H,15,16). The van der Waals surface area contributed by atoms with Crippen molar-refractivity contribution in [2.75, 3.05) is 7.11 Å². The van der Waals surface area contributed by atoms with Gasteiger partial charge in [0.25, 0.3) is 0 Å². The molecule has 6 heteroatoms. The van der Waals surface area contributed by atoms with Crippen LogP contribution in [0.5, 0.6) is 5.75 Å². The number of carbonyl (C=O) groups is 1. The second-order valence-electron chi connectivity index (χ2n) is 3.57. The second kappa shape index (κ2) is 4.81. The summed E-state index contributed by atoms with van der Waals surface area (Å²) in [6.45, 7) is 1.56. The molecule has 18 heavy (non-hydrogen) atoms. The van der Waals surface area contributed by atoms with E-state index in [1.807, 2.05) is 0 Å². The van der Waals surface area contributed by atoms with Crippen molar-refractivity contribution in [1.82, 2.24) is 4.98 Å². The highest BCUT2D eigenvalue weighted by Crippen LogP contribution is 2.32. The van der Waals surface area contributed by atoms with Gasteiger partial charge in [-0.25, -0.2) is 9.78 Å². The van der Waals surface area contributed by atoms with Crippen molar-refractivity contribution in [2.45, 2.75) is 6.92 Å². The maximum absolute atomic E-state index is 10.9. The van der Waals surface area contributed by atoms with Crippen LogP contribution in [-0.4, -0.2) is 23.2 Å². The monoisotopic (exact) mass is 311 g/mol. The van der Waals surface area contributed by atoms with E-state index in [9.17, 15) is 4.79 Å². The predicted molar refractivity (Wildman–Crippen MR) is 67.9 cm³/mol. The minimum absolute atomic E-state index is 0.0836. The van der Waals surface area contributed by atoms with Gasteiger partial charge < -0.3 is 14.3 Å². The molecule has 0 atom stereocenters. The van der Waals surface area contributed by atoms with E-state index in [-0.39, 0.29) is 17.3 Å². The summed E-state index contributed by atoms with van der Waals surface area (Å²) in [6.07, 6.45) is 0. The molecule has 0 saturated heterocycles. The van der Waals surface area contributed by atoms with E-state index in [4.69, 9.17) is 14.3 Å². The van der Waals surface area contributed by atoms with E-state index < -0.39 is 5.97 Å². The molecule has 2 rings (SSSR count). The van der Waals surface area contributed by atoms with Gasteiger partial charge >= 0.3 is 5.97 Å². The summed E-state index contributed by atoms with van der Waals surface area (Å²) in [7, 11) is 1.55. The zero-order valence-corrected chi connectivity index (χ0v) is 11.3. The van der Waals surface area contributed by atoms with Crippen LogP contribution in [0.2, 0.25) is 0 Å². The van der Waals surface area contributed by atoms with Gasteiger partial charge in [-0.2, -0.15) is 0 Å². The second-order valence-corrected chi connectivity index (χ2v) is 4.43. The Morgan fingerprint density at radius 3 is 2.78 bits per heavy atom. The van der Waals surface area contributed by atoms with Gasteiger partial charge in [0.15, 0.2) is 5.69 Å². The van der Waals surface area contributed by atoms with Crippen LogP contribution in [0.4, 0.5) is 0 Å². The quantitative estimate of drug-likeness (QED) is 0.942. The maximum atomic E-state index is 10.9. The van der Waals surface area contributed by atoms with Crippen LogP contribution < -0.4 is 4.74 Å². The summed E-state index contributed by atoms with van der Waals surface area (Å²) in [6, 6.07) is 5.29. The molecule has 2 aromatic rings. The zero-order chi connectivity index (χ0) is 13.3. The van der Waals surface area contributed by atoms with E-state index in [0.29, 0.717) is 11.3 Å². The number of carboxylic acids is 1. The molecule has 0 radical (unpaired) electrons. The van der Waals surface area contributed by atoms with Crippen molar-refractivity contribution in [1.29, 1.82) is 0 Å². The molecule has 0 bridgehead atoms. The van der Waals surface area contributed by atoms with Gasteiger partial charge in [-0.05, 0) is 41.1 Å². The number of benzene rings is 1. The fourth-order valence-electron chi connectivity index (χ4n) is 1.51. The molecule has 5 nitrogen and oxygen atoms in total. The lowest BCUT2D eigenvalue weighted by Gasteiger charge is -2.03. The van der Waals surface area contributed by atoms with Crippen LogP contribution in [0.15, 0.2) is 27.1 Å². The van der Waals surface area contributed by atoms with Gasteiger partial charge in [-0.15, -0.1) is 0 Å². The molecule has 0 aliphatic rings. The number of aromatic carboxylic acids is 1. The van der Waals surface area contributed by atoms with Crippen molar-refractivity contribution in [3.63, 3.8) is 0 Å². The number of hydrogen-bond acceptors (Lipinski definition) is 4. The molecule has 94 valence electrons. The van der Waals surface area contributed by atoms with Crippen molar-refractivity contribution in [3.05, 3.63) is 34.1 Å². The summed E-state index contributed by atoms with van der Waals surface area (Å²) in [5, 5.41) is 8.94. The number of carboxylic acid groups (broad SMARTS) is 1. The Morgan fingerprint density at radius 1 is 1.50 bits per heavy atom. The molecule has 0 aliphatic carbocycles. The lowest BCUT2D eigenvalue weighted by Crippen LogP contribution is -1.98. The van der Waals surface area contributed by atoms with Gasteiger partial charge in [0.2, 0.25) is 5.89 Å². The molecule has 1 heterocycles. The molecular formula is C12H10BrNO4. The van der Waals surface area contributed by atoms with Crippen LogP contribution in [0, 0.1) is 6.92 Å². The SMILES string of the molecule is COc1ccc(Br)c(-c2nc(C(=O)O)c(C)o2)c1. The third-order valence-electron chi connectivity index (χ3n) is 2.40. The van der Waals surface area contributed by atoms with Crippen molar-refractivity contribution in [2.24, 2.45) is 0 Å². The van der Waals surface area contributed by atoms with Gasteiger partial charge in [0.1, 0.15) is 11.5 Å². The lowest BCUT2D eigenvalue weighted by atomic mass is 10.2. The molecule has 1 aromatic heterocycles. The fourth-order valence-corrected chi connectivity index (χ4v) is 1.92. The number of rotatable bonds is 3. The highest BCUT2D eigenvalue weighted by molar-refractivity contribution is 9.10. The third-order valence-corrected chi connectivity index (χ3v) is 3.09. The van der Waals surface area contributed by atoms with Gasteiger partial charge in [-0.3, -0.25) is 0 Å². The molecule has 0 saturated carbocycles. The summed E-state index contributed by atoms with van der Waals surface area (Å²) in [5.41, 5.74) is 0.560. The van der Waals surface area contributed by atoms with Crippen LogP contribution in [0.25, 0.3) is 11.5 Å². The predicted octanol–water partition coefficient (Wildman–Crippen LogP) is 3.12. The van der Waals surface area contributed by atoms with Gasteiger partial charge in [-0.1, -0.05) is 0 Å². The molecule has 0 spiro atoms. The van der Waals surface area contributed by atoms with Crippen LogP contribution in [0.3, 0.4) is 0 Å². The number of hydrogen-bond donors (Lipinski definition) is 1. The summed E-state index contributed by atoms with van der Waals surface area (Å²) in [5.74, 6) is 0.0466. The minimum atomic E-state index is -1.11. The van der Waals surface area contributed by atoms with E-state index in [1.165, 1.54) is 0 Å². The molecule has 0 fully saturated rings. The smallest absolute Gasteiger partial charge is 0.358 e. The first-order valence-corrected chi connectivity index (χ1v) is 5.87. The number of ether oxygens (including phenoxy) is 1. The topological polar surface area (TPSA) is 72.6 Å². The molecule has 0 amide bonds. The summed E-state index contributed by atoms with van der Waals surface area (Å²) < 4.78 is 11.2. The average molecular weight is 312 g/mol. The van der Waals surface area contributed by atoms with Gasteiger partial charge in [0, 0.05) is 4.47 Å². The molecule has 1 aromatic carbocycles. The normalized spacial score (nSPS) is 10.4. The van der Waals surface area contributed by atoms with Crippen molar-refractivity contribution >= 4 is 21.9 Å². The highest BCUT2D eigenvalue weighted by atomic mass is 79.9. The zero-order valence-electron chi connectivity index (χ0n) is 9.73. The Hall–Kier alpha value is -1.82. The number of aromatic nitrogens is 1. The summed E-state index contributed by atoms with van der Waals surface area (Å²) >= 11 is 3.36. The molecule has 0 unspecified atom stereocenters. The first-order chi connectivity index (χ1) is 8.52. The van der Waals surface area contributed by atoms with E-state index >= 15 is 0 Å². The number of halogens is 1. The Bertz CT molecular complexity index is 606. The molecular weight excluding hydrogens is 302 g/mol. The van der Waals surface area contributed by atoms with Gasteiger partial charge in [0.05, 0.1) is 12.7 Å². The number of oxazole rings is 1. The Labute approximate surface area is 112 Å². The Morgan fingerprint density at radius 2 is 2.22 bits per heavy atom. The highest BCUT2D eigenvalue weighted by Gasteiger charge is 2.18. The third kappa shape index (κ3) is 2.24. The van der Waals surface area contributed by atoms with E-state index in [2.05, 4.69) is 20.9 Å². The first kappa shape index (κ1) is 12.6. The Balaban J connectivity index is 2.54. The van der Waals surface area contributed by atoms with Crippen molar-refractivity contribution < 1.29 is 19.1 Å². The summed E-state index contributed by atoms with van der Waals surface area (Å²) in [4.78, 5) is 14.9. The maximum Gasteiger partial charge on any atom is 0.358 e. The fraction of sp³-hybridized carbons (Fsp3) is 0.167.